The average molecular weight is 382 g/mol. The lowest BCUT2D eigenvalue weighted by molar-refractivity contribution is -0.127. The summed E-state index contributed by atoms with van der Waals surface area (Å²) in [6, 6.07) is 10.8. The number of benzene rings is 2. The van der Waals surface area contributed by atoms with E-state index in [1.165, 1.54) is 0 Å². The van der Waals surface area contributed by atoms with Crippen molar-refractivity contribution in [1.82, 2.24) is 5.32 Å². The Hall–Kier alpha value is -1.91. The van der Waals surface area contributed by atoms with Crippen molar-refractivity contribution in [2.75, 3.05) is 13.2 Å². The first-order valence-electron chi connectivity index (χ1n) is 7.97. The predicted octanol–water partition coefficient (Wildman–Crippen LogP) is 4.57. The molecule has 0 aliphatic carbocycles. The van der Waals surface area contributed by atoms with Crippen LogP contribution in [0.25, 0.3) is 0 Å². The molecular formula is C19H21Cl2NO3. The Bertz CT molecular complexity index is 726. The molecule has 2 aromatic rings. The lowest BCUT2D eigenvalue weighted by Crippen LogP contribution is -2.38. The van der Waals surface area contributed by atoms with Crippen LogP contribution < -0.4 is 14.8 Å². The summed E-state index contributed by atoms with van der Waals surface area (Å²) in [6.45, 7) is 6.18. The Kier molecular flexibility index (Phi) is 6.97. The molecule has 134 valence electrons. The predicted molar refractivity (Wildman–Crippen MR) is 101 cm³/mol. The summed E-state index contributed by atoms with van der Waals surface area (Å²) in [4.78, 5) is 12.1. The maximum absolute atomic E-state index is 12.1. The number of carbonyl (C=O) groups is 1. The molecule has 2 aromatic carbocycles. The normalized spacial score (nSPS) is 11.7. The molecule has 6 heteroatoms. The van der Waals surface area contributed by atoms with Gasteiger partial charge in [-0.25, -0.2) is 0 Å². The van der Waals surface area contributed by atoms with E-state index in [0.717, 1.165) is 11.1 Å². The molecule has 0 saturated carbocycles. The largest absolute Gasteiger partial charge is 0.490 e. The van der Waals surface area contributed by atoms with Crippen molar-refractivity contribution in [3.63, 3.8) is 0 Å². The summed E-state index contributed by atoms with van der Waals surface area (Å²) in [5, 5.41) is 4.03. The third kappa shape index (κ3) is 5.55. The molecule has 2 rings (SSSR count). The number of nitrogens with one attached hydrogen (secondary N) is 1. The minimum absolute atomic E-state index is 0.215. The quantitative estimate of drug-likeness (QED) is 0.714. The Morgan fingerprint density at radius 2 is 1.80 bits per heavy atom. The second-order valence-electron chi connectivity index (χ2n) is 5.70. The zero-order valence-corrected chi connectivity index (χ0v) is 15.9. The zero-order valence-electron chi connectivity index (χ0n) is 14.4. The SMILES string of the molecule is Cc1cc(O[C@@H](C)C(=O)NCCOc2ccccc2Cl)cc(C)c1Cl. The Labute approximate surface area is 158 Å². The molecule has 25 heavy (non-hydrogen) atoms. The third-order valence-electron chi connectivity index (χ3n) is 3.59. The molecule has 1 N–H and O–H groups in total. The first kappa shape index (κ1) is 19.4. The number of carbonyl (C=O) groups excluding carboxylic acids is 1. The molecule has 0 aliphatic heterocycles. The van der Waals surface area contributed by atoms with Gasteiger partial charge in [0.25, 0.3) is 5.91 Å². The number of amides is 1. The molecule has 0 saturated heterocycles. The molecule has 0 unspecified atom stereocenters. The molecular weight excluding hydrogens is 361 g/mol. The summed E-state index contributed by atoms with van der Waals surface area (Å²) in [5.41, 5.74) is 1.83. The van der Waals surface area contributed by atoms with E-state index in [4.69, 9.17) is 32.7 Å². The summed E-state index contributed by atoms with van der Waals surface area (Å²) in [7, 11) is 0. The Balaban J connectivity index is 1.79. The van der Waals surface area contributed by atoms with E-state index in [0.29, 0.717) is 34.7 Å². The average Bonchev–Trinajstić information content (AvgIpc) is 2.57. The van der Waals surface area contributed by atoms with E-state index in [1.807, 2.05) is 38.1 Å². The molecule has 0 aliphatic rings. The number of aryl methyl sites for hydroxylation is 2. The second-order valence-corrected chi connectivity index (χ2v) is 6.49. The Morgan fingerprint density at radius 3 is 2.44 bits per heavy atom. The molecule has 0 aromatic heterocycles. The first-order valence-corrected chi connectivity index (χ1v) is 8.72. The zero-order chi connectivity index (χ0) is 18.4. The van der Waals surface area contributed by atoms with Crippen molar-refractivity contribution in [3.05, 3.63) is 57.6 Å². The minimum atomic E-state index is -0.625. The van der Waals surface area contributed by atoms with Crippen molar-refractivity contribution in [1.29, 1.82) is 0 Å². The van der Waals surface area contributed by atoms with Crippen molar-refractivity contribution in [3.8, 4) is 11.5 Å². The number of ether oxygens (including phenoxy) is 2. The fourth-order valence-electron chi connectivity index (χ4n) is 2.27. The van der Waals surface area contributed by atoms with Crippen LogP contribution in [0.1, 0.15) is 18.1 Å². The van der Waals surface area contributed by atoms with Gasteiger partial charge in [-0.3, -0.25) is 4.79 Å². The Morgan fingerprint density at radius 1 is 1.16 bits per heavy atom. The van der Waals surface area contributed by atoms with Crippen LogP contribution in [0.2, 0.25) is 10.0 Å². The molecule has 0 bridgehead atoms. The van der Waals surface area contributed by atoms with E-state index >= 15 is 0 Å². The topological polar surface area (TPSA) is 47.6 Å². The van der Waals surface area contributed by atoms with Gasteiger partial charge in [-0.1, -0.05) is 35.3 Å². The van der Waals surface area contributed by atoms with Crippen LogP contribution in [-0.4, -0.2) is 25.2 Å². The van der Waals surface area contributed by atoms with E-state index in [1.54, 1.807) is 19.1 Å². The fourth-order valence-corrected chi connectivity index (χ4v) is 2.57. The van der Waals surface area contributed by atoms with E-state index in [-0.39, 0.29) is 5.91 Å². The van der Waals surface area contributed by atoms with Gasteiger partial charge in [-0.15, -0.1) is 0 Å². The van der Waals surface area contributed by atoms with Crippen molar-refractivity contribution >= 4 is 29.1 Å². The summed E-state index contributed by atoms with van der Waals surface area (Å²) in [6.07, 6.45) is -0.625. The molecule has 0 radical (unpaired) electrons. The highest BCUT2D eigenvalue weighted by Gasteiger charge is 2.15. The summed E-state index contributed by atoms with van der Waals surface area (Å²) in [5.74, 6) is 0.997. The van der Waals surface area contributed by atoms with Gasteiger partial charge in [-0.05, 0) is 56.2 Å². The van der Waals surface area contributed by atoms with Crippen LogP contribution in [0.5, 0.6) is 11.5 Å². The highest BCUT2D eigenvalue weighted by molar-refractivity contribution is 6.32. The van der Waals surface area contributed by atoms with Crippen LogP contribution in [0.3, 0.4) is 0 Å². The van der Waals surface area contributed by atoms with Gasteiger partial charge in [0.1, 0.15) is 18.1 Å². The van der Waals surface area contributed by atoms with Crippen molar-refractivity contribution in [2.45, 2.75) is 26.9 Å². The van der Waals surface area contributed by atoms with Gasteiger partial charge in [0.15, 0.2) is 6.10 Å². The van der Waals surface area contributed by atoms with Crippen LogP contribution in [0.4, 0.5) is 0 Å². The fraction of sp³-hybridized carbons (Fsp3) is 0.316. The van der Waals surface area contributed by atoms with Crippen LogP contribution in [0.15, 0.2) is 36.4 Å². The third-order valence-corrected chi connectivity index (χ3v) is 4.50. The highest BCUT2D eigenvalue weighted by Crippen LogP contribution is 2.26. The summed E-state index contributed by atoms with van der Waals surface area (Å²) >= 11 is 12.1. The maximum atomic E-state index is 12.1. The van der Waals surface area contributed by atoms with Crippen LogP contribution in [-0.2, 0) is 4.79 Å². The lowest BCUT2D eigenvalue weighted by Gasteiger charge is -2.16. The molecule has 1 amide bonds. The van der Waals surface area contributed by atoms with Crippen molar-refractivity contribution in [2.24, 2.45) is 0 Å². The lowest BCUT2D eigenvalue weighted by atomic mass is 10.1. The minimum Gasteiger partial charge on any atom is -0.490 e. The second kappa shape index (κ2) is 8.97. The van der Waals surface area contributed by atoms with Gasteiger partial charge in [0, 0.05) is 5.02 Å². The number of hydrogen-bond donors (Lipinski definition) is 1. The van der Waals surface area contributed by atoms with E-state index < -0.39 is 6.10 Å². The van der Waals surface area contributed by atoms with Crippen LogP contribution >= 0.6 is 23.2 Å². The van der Waals surface area contributed by atoms with Gasteiger partial charge in [0.2, 0.25) is 0 Å². The number of hydrogen-bond acceptors (Lipinski definition) is 3. The number of halogens is 2. The van der Waals surface area contributed by atoms with Crippen LogP contribution in [0, 0.1) is 13.8 Å². The summed E-state index contributed by atoms with van der Waals surface area (Å²) < 4.78 is 11.2. The standard InChI is InChI=1S/C19H21Cl2NO3/c1-12-10-15(11-13(2)18(12)21)25-14(3)19(23)22-8-9-24-17-7-5-4-6-16(17)20/h4-7,10-11,14H,8-9H2,1-3H3,(H,22,23)/t14-/m0/s1. The molecule has 0 spiro atoms. The van der Waals surface area contributed by atoms with E-state index in [9.17, 15) is 4.79 Å². The number of rotatable bonds is 7. The van der Waals surface area contributed by atoms with Gasteiger partial charge >= 0.3 is 0 Å². The van der Waals surface area contributed by atoms with E-state index in [2.05, 4.69) is 5.32 Å². The van der Waals surface area contributed by atoms with Gasteiger partial charge in [-0.2, -0.15) is 0 Å². The molecule has 0 fully saturated rings. The monoisotopic (exact) mass is 381 g/mol. The molecule has 4 nitrogen and oxygen atoms in total. The highest BCUT2D eigenvalue weighted by atomic mass is 35.5. The van der Waals surface area contributed by atoms with Gasteiger partial charge < -0.3 is 14.8 Å². The van der Waals surface area contributed by atoms with Gasteiger partial charge in [0.05, 0.1) is 11.6 Å². The smallest absolute Gasteiger partial charge is 0.260 e. The molecule has 0 heterocycles. The first-order chi connectivity index (χ1) is 11.9. The maximum Gasteiger partial charge on any atom is 0.260 e. The van der Waals surface area contributed by atoms with Crippen molar-refractivity contribution < 1.29 is 14.3 Å². The number of para-hydroxylation sites is 1. The molecule has 1 atom stereocenters.